The number of hydrogen-bond donors (Lipinski definition) is 2. The fourth-order valence-corrected chi connectivity index (χ4v) is 2.49. The topological polar surface area (TPSA) is 128 Å². The minimum absolute atomic E-state index is 0.00558. The second-order valence-electron chi connectivity index (χ2n) is 5.28. The van der Waals surface area contributed by atoms with E-state index in [2.05, 4.69) is 10.0 Å². The van der Waals surface area contributed by atoms with Crippen molar-refractivity contribution >= 4 is 21.6 Å². The number of carbonyl (C=O) groups excluding carboxylic acids is 1. The number of nitro benzene ring substituents is 1. The molecule has 0 atom stereocenters. The van der Waals surface area contributed by atoms with Gasteiger partial charge in [0.1, 0.15) is 11.5 Å². The van der Waals surface area contributed by atoms with E-state index in [4.69, 9.17) is 4.74 Å². The molecule has 0 radical (unpaired) electrons. The Kier molecular flexibility index (Phi) is 6.26. The maximum atomic E-state index is 12.4. The summed E-state index contributed by atoms with van der Waals surface area (Å²) in [7, 11) is -3.37. The van der Waals surface area contributed by atoms with Crippen LogP contribution in [0, 0.1) is 10.1 Å². The molecule has 0 saturated heterocycles. The van der Waals surface area contributed by atoms with E-state index in [1.165, 1.54) is 12.1 Å². The summed E-state index contributed by atoms with van der Waals surface area (Å²) in [5.41, 5.74) is -0.285. The highest BCUT2D eigenvalue weighted by molar-refractivity contribution is 7.88. The molecule has 0 bridgehead atoms. The monoisotopic (exact) mass is 379 g/mol. The van der Waals surface area contributed by atoms with Gasteiger partial charge in [0.2, 0.25) is 10.0 Å². The van der Waals surface area contributed by atoms with Crippen LogP contribution in [0.3, 0.4) is 0 Å². The van der Waals surface area contributed by atoms with Crippen molar-refractivity contribution in [2.75, 3.05) is 19.3 Å². The maximum absolute atomic E-state index is 12.4. The van der Waals surface area contributed by atoms with Gasteiger partial charge in [0, 0.05) is 25.2 Å². The van der Waals surface area contributed by atoms with E-state index in [1.54, 1.807) is 30.3 Å². The molecular weight excluding hydrogens is 362 g/mol. The largest absolute Gasteiger partial charge is 0.457 e. The highest BCUT2D eigenvalue weighted by atomic mass is 32.2. The number of nitrogens with one attached hydrogen (secondary N) is 2. The lowest BCUT2D eigenvalue weighted by molar-refractivity contribution is -0.384. The molecule has 0 heterocycles. The zero-order valence-electron chi connectivity index (χ0n) is 13.8. The number of amides is 1. The Bertz CT molecular complexity index is 899. The van der Waals surface area contributed by atoms with Gasteiger partial charge in [-0.3, -0.25) is 14.9 Å². The third-order valence-corrected chi connectivity index (χ3v) is 3.89. The Hall–Kier alpha value is -2.98. The molecule has 1 amide bonds. The lowest BCUT2D eigenvalue weighted by Gasteiger charge is -2.11. The van der Waals surface area contributed by atoms with Crippen LogP contribution in [0.15, 0.2) is 48.5 Å². The number of non-ortho nitro benzene ring substituents is 1. The van der Waals surface area contributed by atoms with Crippen LogP contribution in [0.2, 0.25) is 0 Å². The van der Waals surface area contributed by atoms with Gasteiger partial charge >= 0.3 is 0 Å². The average molecular weight is 379 g/mol. The highest BCUT2D eigenvalue weighted by Crippen LogP contribution is 2.28. The molecule has 2 rings (SSSR count). The first kappa shape index (κ1) is 19.3. The molecule has 0 aliphatic rings. The molecule has 2 aromatic carbocycles. The van der Waals surface area contributed by atoms with E-state index in [0.29, 0.717) is 5.75 Å². The van der Waals surface area contributed by atoms with E-state index in [-0.39, 0.29) is 30.1 Å². The molecule has 26 heavy (non-hydrogen) atoms. The number of benzene rings is 2. The van der Waals surface area contributed by atoms with Crippen molar-refractivity contribution in [1.82, 2.24) is 10.0 Å². The number of rotatable bonds is 8. The Labute approximate surface area is 150 Å². The van der Waals surface area contributed by atoms with Crippen molar-refractivity contribution in [2.45, 2.75) is 0 Å². The quantitative estimate of drug-likeness (QED) is 0.408. The second kappa shape index (κ2) is 8.41. The molecule has 0 fully saturated rings. The molecule has 0 aromatic heterocycles. The summed E-state index contributed by atoms with van der Waals surface area (Å²) in [6, 6.07) is 12.3. The lowest BCUT2D eigenvalue weighted by atomic mass is 10.1. The van der Waals surface area contributed by atoms with Gasteiger partial charge in [0.25, 0.3) is 11.6 Å². The first-order valence-corrected chi connectivity index (χ1v) is 9.39. The van der Waals surface area contributed by atoms with Crippen molar-refractivity contribution < 1.29 is 22.9 Å². The molecular formula is C16H17N3O6S. The van der Waals surface area contributed by atoms with Crippen molar-refractivity contribution in [3.63, 3.8) is 0 Å². The SMILES string of the molecule is CS(=O)(=O)NCCNC(=O)c1cc([N+](=O)[O-])ccc1Oc1ccccc1. The van der Waals surface area contributed by atoms with Gasteiger partial charge in [-0.15, -0.1) is 0 Å². The zero-order chi connectivity index (χ0) is 19.2. The summed E-state index contributed by atoms with van der Waals surface area (Å²) in [5.74, 6) is -0.000509. The Morgan fingerprint density at radius 1 is 1.15 bits per heavy atom. The van der Waals surface area contributed by atoms with E-state index in [1.807, 2.05) is 0 Å². The summed E-state index contributed by atoms with van der Waals surface area (Å²) < 4.78 is 29.9. The van der Waals surface area contributed by atoms with Crippen molar-refractivity contribution in [2.24, 2.45) is 0 Å². The van der Waals surface area contributed by atoms with Gasteiger partial charge in [0.15, 0.2) is 0 Å². The first-order chi connectivity index (χ1) is 12.3. The van der Waals surface area contributed by atoms with Crippen LogP contribution in [0.5, 0.6) is 11.5 Å². The van der Waals surface area contributed by atoms with Gasteiger partial charge in [-0.2, -0.15) is 0 Å². The van der Waals surface area contributed by atoms with Gasteiger partial charge in [-0.25, -0.2) is 13.1 Å². The third kappa shape index (κ3) is 5.83. The predicted molar refractivity (Wildman–Crippen MR) is 94.8 cm³/mol. The summed E-state index contributed by atoms with van der Waals surface area (Å²) in [6.45, 7) is 0.00769. The van der Waals surface area contributed by atoms with Crippen LogP contribution in [0.25, 0.3) is 0 Å². The Balaban J connectivity index is 2.18. The van der Waals surface area contributed by atoms with Gasteiger partial charge in [0.05, 0.1) is 16.7 Å². The Morgan fingerprint density at radius 2 is 1.85 bits per heavy atom. The first-order valence-electron chi connectivity index (χ1n) is 7.50. The van der Waals surface area contributed by atoms with Crippen LogP contribution < -0.4 is 14.8 Å². The minimum Gasteiger partial charge on any atom is -0.457 e. The summed E-state index contributed by atoms with van der Waals surface area (Å²) in [4.78, 5) is 22.7. The third-order valence-electron chi connectivity index (χ3n) is 3.16. The molecule has 2 N–H and O–H groups in total. The molecule has 9 nitrogen and oxygen atoms in total. The van der Waals surface area contributed by atoms with Crippen molar-refractivity contribution in [3.8, 4) is 11.5 Å². The summed E-state index contributed by atoms with van der Waals surface area (Å²) in [5, 5.41) is 13.5. The highest BCUT2D eigenvalue weighted by Gasteiger charge is 2.18. The van der Waals surface area contributed by atoms with Crippen LogP contribution in [-0.4, -0.2) is 38.6 Å². The molecule has 138 valence electrons. The van der Waals surface area contributed by atoms with Crippen LogP contribution >= 0.6 is 0 Å². The average Bonchev–Trinajstić information content (AvgIpc) is 2.59. The van der Waals surface area contributed by atoms with E-state index < -0.39 is 20.9 Å². The Morgan fingerprint density at radius 3 is 2.46 bits per heavy atom. The smallest absolute Gasteiger partial charge is 0.270 e. The lowest BCUT2D eigenvalue weighted by Crippen LogP contribution is -2.34. The van der Waals surface area contributed by atoms with E-state index >= 15 is 0 Å². The number of ether oxygens (including phenoxy) is 1. The van der Waals surface area contributed by atoms with Gasteiger partial charge in [-0.05, 0) is 18.2 Å². The fraction of sp³-hybridized carbons (Fsp3) is 0.188. The number of nitro groups is 1. The number of sulfonamides is 1. The molecule has 10 heteroatoms. The van der Waals surface area contributed by atoms with Gasteiger partial charge < -0.3 is 10.1 Å². The number of carbonyl (C=O) groups is 1. The zero-order valence-corrected chi connectivity index (χ0v) is 14.7. The number of para-hydroxylation sites is 1. The standard InChI is InChI=1S/C16H17N3O6S/c1-26(23,24)18-10-9-17-16(20)14-11-12(19(21)22)7-8-15(14)25-13-5-3-2-4-6-13/h2-8,11,18H,9-10H2,1H3,(H,17,20). The summed E-state index contributed by atoms with van der Waals surface area (Å²) >= 11 is 0. The van der Waals surface area contributed by atoms with Crippen molar-refractivity contribution in [1.29, 1.82) is 0 Å². The normalized spacial score (nSPS) is 11.0. The predicted octanol–water partition coefficient (Wildman–Crippen LogP) is 1.67. The van der Waals surface area contributed by atoms with E-state index in [9.17, 15) is 23.3 Å². The molecule has 0 saturated carbocycles. The second-order valence-corrected chi connectivity index (χ2v) is 7.11. The summed E-state index contributed by atoms with van der Waals surface area (Å²) in [6.07, 6.45) is 1.00. The van der Waals surface area contributed by atoms with E-state index in [0.717, 1.165) is 12.3 Å². The molecule has 0 spiro atoms. The fourth-order valence-electron chi connectivity index (χ4n) is 2.02. The van der Waals surface area contributed by atoms with Gasteiger partial charge in [-0.1, -0.05) is 18.2 Å². The molecule has 0 unspecified atom stereocenters. The molecule has 0 aliphatic heterocycles. The van der Waals surface area contributed by atoms with Crippen LogP contribution in [-0.2, 0) is 10.0 Å². The maximum Gasteiger partial charge on any atom is 0.270 e. The molecule has 2 aromatic rings. The number of nitrogens with zero attached hydrogens (tertiary/aromatic N) is 1. The van der Waals surface area contributed by atoms with Crippen molar-refractivity contribution in [3.05, 3.63) is 64.2 Å². The number of hydrogen-bond acceptors (Lipinski definition) is 6. The minimum atomic E-state index is -3.37. The van der Waals surface area contributed by atoms with Crippen LogP contribution in [0.1, 0.15) is 10.4 Å². The molecule has 0 aliphatic carbocycles. The van der Waals surface area contributed by atoms with Crippen LogP contribution in [0.4, 0.5) is 5.69 Å².